The van der Waals surface area contributed by atoms with E-state index in [0.29, 0.717) is 10.2 Å². The number of anilines is 1. The van der Waals surface area contributed by atoms with Gasteiger partial charge in [0.2, 0.25) is 0 Å². The quantitative estimate of drug-likeness (QED) is 0.909. The highest BCUT2D eigenvalue weighted by molar-refractivity contribution is 9.10. The van der Waals surface area contributed by atoms with Crippen molar-refractivity contribution < 1.29 is 9.59 Å². The summed E-state index contributed by atoms with van der Waals surface area (Å²) in [7, 11) is 0. The van der Waals surface area contributed by atoms with Gasteiger partial charge in [-0.3, -0.25) is 9.59 Å². The number of pyridine rings is 1. The monoisotopic (exact) mass is 319 g/mol. The lowest BCUT2D eigenvalue weighted by Crippen LogP contribution is -2.19. The van der Waals surface area contributed by atoms with Crippen molar-refractivity contribution in [1.82, 2.24) is 4.98 Å². The van der Waals surface area contributed by atoms with Crippen LogP contribution >= 0.6 is 15.9 Å². The smallest absolute Gasteiger partial charge is 0.275 e. The minimum atomic E-state index is -0.601. The summed E-state index contributed by atoms with van der Waals surface area (Å²) in [5, 5.41) is 2.62. The molecule has 96 valence electrons. The van der Waals surface area contributed by atoms with E-state index in [1.807, 2.05) is 0 Å². The third kappa shape index (κ3) is 2.97. The Morgan fingerprint density at radius 3 is 2.58 bits per heavy atom. The molecule has 1 aromatic heterocycles. The minimum Gasteiger partial charge on any atom is -0.366 e. The molecule has 0 spiro atoms. The Hall–Kier alpha value is -2.21. The van der Waals surface area contributed by atoms with Crippen LogP contribution in [-0.4, -0.2) is 16.8 Å². The molecular formula is C13H10BrN3O2. The highest BCUT2D eigenvalue weighted by atomic mass is 79.9. The van der Waals surface area contributed by atoms with Crippen LogP contribution in [0.4, 0.5) is 5.69 Å². The molecule has 0 saturated heterocycles. The molecule has 0 atom stereocenters. The molecule has 2 aromatic rings. The van der Waals surface area contributed by atoms with E-state index in [-0.39, 0.29) is 11.3 Å². The van der Waals surface area contributed by atoms with Crippen molar-refractivity contribution in [3.8, 4) is 0 Å². The number of nitrogens with two attached hydrogens (primary N) is 1. The molecule has 0 unspecified atom stereocenters. The molecule has 5 nitrogen and oxygen atoms in total. The maximum atomic E-state index is 12.1. The number of hydrogen-bond donors (Lipinski definition) is 2. The highest BCUT2D eigenvalue weighted by Gasteiger charge is 2.14. The molecular weight excluding hydrogens is 310 g/mol. The van der Waals surface area contributed by atoms with Gasteiger partial charge < -0.3 is 11.1 Å². The summed E-state index contributed by atoms with van der Waals surface area (Å²) in [6, 6.07) is 9.95. The molecule has 0 aliphatic carbocycles. The second-order valence-corrected chi connectivity index (χ2v) is 4.55. The molecule has 2 amide bonds. The van der Waals surface area contributed by atoms with Crippen molar-refractivity contribution in [2.75, 3.05) is 5.32 Å². The normalized spacial score (nSPS) is 9.95. The standard InChI is InChI=1S/C13H10BrN3O2/c14-9-5-3-7-16-11(9)13(19)17-10-6-2-1-4-8(10)12(15)18/h1-7H,(H2,15,18)(H,17,19). The third-order valence-electron chi connectivity index (χ3n) is 2.41. The number of amides is 2. The Morgan fingerprint density at radius 2 is 1.89 bits per heavy atom. The number of para-hydroxylation sites is 1. The average molecular weight is 320 g/mol. The van der Waals surface area contributed by atoms with Gasteiger partial charge in [0, 0.05) is 10.7 Å². The Balaban J connectivity index is 2.30. The second-order valence-electron chi connectivity index (χ2n) is 3.70. The molecule has 1 aromatic carbocycles. The zero-order chi connectivity index (χ0) is 13.8. The molecule has 0 saturated carbocycles. The first-order chi connectivity index (χ1) is 9.09. The summed E-state index contributed by atoms with van der Waals surface area (Å²) < 4.78 is 0.573. The van der Waals surface area contributed by atoms with Gasteiger partial charge in [-0.05, 0) is 40.2 Å². The van der Waals surface area contributed by atoms with Crippen LogP contribution in [-0.2, 0) is 0 Å². The van der Waals surface area contributed by atoms with Crippen molar-refractivity contribution in [2.24, 2.45) is 5.73 Å². The van der Waals surface area contributed by atoms with Crippen molar-refractivity contribution in [3.05, 3.63) is 58.3 Å². The van der Waals surface area contributed by atoms with Crippen LogP contribution in [0, 0.1) is 0 Å². The number of primary amides is 1. The fourth-order valence-corrected chi connectivity index (χ4v) is 1.98. The first kappa shape index (κ1) is 13.2. The summed E-state index contributed by atoms with van der Waals surface area (Å²) >= 11 is 3.24. The molecule has 0 radical (unpaired) electrons. The van der Waals surface area contributed by atoms with Gasteiger partial charge in [0.25, 0.3) is 11.8 Å². The number of benzene rings is 1. The van der Waals surface area contributed by atoms with Gasteiger partial charge in [0.1, 0.15) is 5.69 Å². The number of nitrogens with zero attached hydrogens (tertiary/aromatic N) is 1. The zero-order valence-corrected chi connectivity index (χ0v) is 11.3. The Morgan fingerprint density at radius 1 is 1.16 bits per heavy atom. The number of hydrogen-bond acceptors (Lipinski definition) is 3. The van der Waals surface area contributed by atoms with E-state index in [0.717, 1.165) is 0 Å². The van der Waals surface area contributed by atoms with Crippen LogP contribution in [0.3, 0.4) is 0 Å². The summed E-state index contributed by atoms with van der Waals surface area (Å²) in [6.07, 6.45) is 1.51. The predicted molar refractivity (Wildman–Crippen MR) is 74.9 cm³/mol. The largest absolute Gasteiger partial charge is 0.366 e. The number of aromatic nitrogens is 1. The van der Waals surface area contributed by atoms with Gasteiger partial charge in [0.05, 0.1) is 11.3 Å². The number of carbonyl (C=O) groups is 2. The fourth-order valence-electron chi connectivity index (χ4n) is 1.54. The first-order valence-corrected chi connectivity index (χ1v) is 6.19. The van der Waals surface area contributed by atoms with Gasteiger partial charge in [-0.2, -0.15) is 0 Å². The van der Waals surface area contributed by atoms with Gasteiger partial charge in [-0.25, -0.2) is 4.98 Å². The molecule has 3 N–H and O–H groups in total. The second kappa shape index (κ2) is 5.62. The predicted octanol–water partition coefficient (Wildman–Crippen LogP) is 2.20. The molecule has 0 aliphatic rings. The highest BCUT2D eigenvalue weighted by Crippen LogP contribution is 2.18. The van der Waals surface area contributed by atoms with Crippen molar-refractivity contribution >= 4 is 33.4 Å². The van der Waals surface area contributed by atoms with Crippen LogP contribution in [0.2, 0.25) is 0 Å². The van der Waals surface area contributed by atoms with Crippen molar-refractivity contribution in [2.45, 2.75) is 0 Å². The van der Waals surface area contributed by atoms with Crippen LogP contribution in [0.25, 0.3) is 0 Å². The van der Waals surface area contributed by atoms with Crippen LogP contribution in [0.1, 0.15) is 20.8 Å². The summed E-state index contributed by atoms with van der Waals surface area (Å²) in [5.74, 6) is -1.02. The van der Waals surface area contributed by atoms with Crippen LogP contribution in [0.5, 0.6) is 0 Å². The molecule has 0 aliphatic heterocycles. The number of nitrogens with one attached hydrogen (secondary N) is 1. The molecule has 2 rings (SSSR count). The van der Waals surface area contributed by atoms with Gasteiger partial charge in [-0.1, -0.05) is 12.1 Å². The summed E-state index contributed by atoms with van der Waals surface area (Å²) in [6.45, 7) is 0. The molecule has 19 heavy (non-hydrogen) atoms. The number of rotatable bonds is 3. The maximum Gasteiger partial charge on any atom is 0.275 e. The lowest BCUT2D eigenvalue weighted by atomic mass is 10.1. The summed E-state index contributed by atoms with van der Waals surface area (Å²) in [4.78, 5) is 27.3. The average Bonchev–Trinajstić information content (AvgIpc) is 2.39. The SMILES string of the molecule is NC(=O)c1ccccc1NC(=O)c1ncccc1Br. The van der Waals surface area contributed by atoms with E-state index in [1.165, 1.54) is 6.20 Å². The van der Waals surface area contributed by atoms with Crippen molar-refractivity contribution in [1.29, 1.82) is 0 Å². The van der Waals surface area contributed by atoms with Gasteiger partial charge >= 0.3 is 0 Å². The van der Waals surface area contributed by atoms with Crippen LogP contribution < -0.4 is 11.1 Å². The first-order valence-electron chi connectivity index (χ1n) is 5.40. The molecule has 0 bridgehead atoms. The fraction of sp³-hybridized carbons (Fsp3) is 0. The lowest BCUT2D eigenvalue weighted by Gasteiger charge is -2.08. The van der Waals surface area contributed by atoms with Crippen molar-refractivity contribution in [3.63, 3.8) is 0 Å². The topological polar surface area (TPSA) is 85.1 Å². The number of carbonyl (C=O) groups excluding carboxylic acids is 2. The zero-order valence-electron chi connectivity index (χ0n) is 9.76. The minimum absolute atomic E-state index is 0.238. The Kier molecular flexibility index (Phi) is 3.91. The van der Waals surface area contributed by atoms with Gasteiger partial charge in [-0.15, -0.1) is 0 Å². The van der Waals surface area contributed by atoms with E-state index in [9.17, 15) is 9.59 Å². The van der Waals surface area contributed by atoms with E-state index in [2.05, 4.69) is 26.2 Å². The maximum absolute atomic E-state index is 12.1. The van der Waals surface area contributed by atoms with E-state index in [1.54, 1.807) is 36.4 Å². The molecule has 1 heterocycles. The Labute approximate surface area is 118 Å². The van der Waals surface area contributed by atoms with E-state index in [4.69, 9.17) is 5.73 Å². The Bertz CT molecular complexity index is 643. The van der Waals surface area contributed by atoms with Crippen LogP contribution in [0.15, 0.2) is 47.1 Å². The van der Waals surface area contributed by atoms with Gasteiger partial charge in [0.15, 0.2) is 0 Å². The number of halogens is 1. The van der Waals surface area contributed by atoms with E-state index >= 15 is 0 Å². The van der Waals surface area contributed by atoms with E-state index < -0.39 is 11.8 Å². The third-order valence-corrected chi connectivity index (χ3v) is 3.05. The molecule has 6 heteroatoms. The summed E-state index contributed by atoms with van der Waals surface area (Å²) in [5.41, 5.74) is 6.09. The lowest BCUT2D eigenvalue weighted by molar-refractivity contribution is 0.100. The molecule has 0 fully saturated rings.